The van der Waals surface area contributed by atoms with Crippen LogP contribution in [0.25, 0.3) is 0 Å². The molecular formula is C14H19N3O3. The number of hydrogen-bond acceptors (Lipinski definition) is 4. The Balaban J connectivity index is 2.20. The normalized spacial score (nSPS) is 23.2. The highest BCUT2D eigenvalue weighted by Gasteiger charge is 2.31. The van der Waals surface area contributed by atoms with E-state index in [0.29, 0.717) is 18.8 Å². The van der Waals surface area contributed by atoms with Gasteiger partial charge in [-0.2, -0.15) is 0 Å². The first-order chi connectivity index (χ1) is 9.51. The number of hydrogen-bond donors (Lipinski definition) is 1. The molecule has 6 nitrogen and oxygen atoms in total. The quantitative estimate of drug-likeness (QED) is 0.883. The van der Waals surface area contributed by atoms with Crippen LogP contribution in [0.15, 0.2) is 18.2 Å². The van der Waals surface area contributed by atoms with Crippen molar-refractivity contribution < 1.29 is 14.3 Å². The average Bonchev–Trinajstić information content (AvgIpc) is 2.51. The number of nitrogens with zero attached hydrogens (tertiary/aromatic N) is 2. The molecular weight excluding hydrogens is 258 g/mol. The van der Waals surface area contributed by atoms with Crippen LogP contribution in [0, 0.1) is 0 Å². The van der Waals surface area contributed by atoms with Crippen LogP contribution in [-0.2, 0) is 16.1 Å². The van der Waals surface area contributed by atoms with Gasteiger partial charge in [0.2, 0.25) is 17.7 Å². The summed E-state index contributed by atoms with van der Waals surface area (Å²) in [4.78, 5) is 29.9. The molecule has 1 aromatic heterocycles. The summed E-state index contributed by atoms with van der Waals surface area (Å²) in [7, 11) is 1.55. The zero-order valence-corrected chi connectivity index (χ0v) is 11.9. The zero-order chi connectivity index (χ0) is 14.7. The number of ether oxygens (including phenoxy) is 1. The van der Waals surface area contributed by atoms with Crippen molar-refractivity contribution in [1.29, 1.82) is 0 Å². The lowest BCUT2D eigenvalue weighted by molar-refractivity contribution is -0.135. The molecule has 2 atom stereocenters. The monoisotopic (exact) mass is 277 g/mol. The van der Waals surface area contributed by atoms with E-state index in [1.807, 2.05) is 19.1 Å². The summed E-state index contributed by atoms with van der Waals surface area (Å²) in [5, 5.41) is 2.68. The third-order valence-electron chi connectivity index (χ3n) is 3.37. The SMILES string of the molecule is COc1cccc(CN2C(=O)C(C)NC(=O)CC2C)n1. The van der Waals surface area contributed by atoms with Crippen molar-refractivity contribution in [2.75, 3.05) is 7.11 Å². The van der Waals surface area contributed by atoms with Crippen LogP contribution in [0.2, 0.25) is 0 Å². The Labute approximate surface area is 118 Å². The Bertz CT molecular complexity index is 518. The Morgan fingerprint density at radius 2 is 2.15 bits per heavy atom. The van der Waals surface area contributed by atoms with Crippen molar-refractivity contribution >= 4 is 11.8 Å². The summed E-state index contributed by atoms with van der Waals surface area (Å²) >= 11 is 0. The summed E-state index contributed by atoms with van der Waals surface area (Å²) in [5.74, 6) is 0.326. The summed E-state index contributed by atoms with van der Waals surface area (Å²) < 4.78 is 5.08. The van der Waals surface area contributed by atoms with Gasteiger partial charge < -0.3 is 15.0 Å². The van der Waals surface area contributed by atoms with Gasteiger partial charge in [0.05, 0.1) is 19.3 Å². The van der Waals surface area contributed by atoms with Crippen LogP contribution in [0.4, 0.5) is 0 Å². The summed E-state index contributed by atoms with van der Waals surface area (Å²) in [6.07, 6.45) is 0.306. The summed E-state index contributed by atoms with van der Waals surface area (Å²) in [6, 6.07) is 4.78. The molecule has 2 rings (SSSR count). The first-order valence-corrected chi connectivity index (χ1v) is 6.61. The van der Waals surface area contributed by atoms with Gasteiger partial charge in [-0.15, -0.1) is 0 Å². The van der Waals surface area contributed by atoms with E-state index in [4.69, 9.17) is 4.74 Å². The van der Waals surface area contributed by atoms with Gasteiger partial charge in [0.25, 0.3) is 0 Å². The molecule has 1 aromatic rings. The van der Waals surface area contributed by atoms with E-state index in [-0.39, 0.29) is 17.9 Å². The van der Waals surface area contributed by atoms with E-state index in [1.165, 1.54) is 0 Å². The molecule has 2 unspecified atom stereocenters. The Morgan fingerprint density at radius 3 is 2.85 bits per heavy atom. The summed E-state index contributed by atoms with van der Waals surface area (Å²) in [6.45, 7) is 3.94. The molecule has 1 aliphatic rings. The van der Waals surface area contributed by atoms with Crippen LogP contribution < -0.4 is 10.1 Å². The maximum absolute atomic E-state index is 12.3. The lowest BCUT2D eigenvalue weighted by atomic mass is 10.2. The molecule has 6 heteroatoms. The molecule has 0 radical (unpaired) electrons. The van der Waals surface area contributed by atoms with Crippen molar-refractivity contribution in [3.8, 4) is 5.88 Å². The minimum atomic E-state index is -0.502. The van der Waals surface area contributed by atoms with E-state index >= 15 is 0 Å². The highest BCUT2D eigenvalue weighted by molar-refractivity contribution is 5.90. The van der Waals surface area contributed by atoms with E-state index in [1.54, 1.807) is 25.0 Å². The van der Waals surface area contributed by atoms with Crippen molar-refractivity contribution in [1.82, 2.24) is 15.2 Å². The lowest BCUT2D eigenvalue weighted by Crippen LogP contribution is -2.44. The molecule has 2 heterocycles. The Morgan fingerprint density at radius 1 is 1.40 bits per heavy atom. The molecule has 0 saturated carbocycles. The van der Waals surface area contributed by atoms with Gasteiger partial charge in [0.1, 0.15) is 6.04 Å². The fourth-order valence-corrected chi connectivity index (χ4v) is 2.27. The van der Waals surface area contributed by atoms with Crippen molar-refractivity contribution in [3.05, 3.63) is 23.9 Å². The standard InChI is InChI=1S/C14H19N3O3/c1-9-7-12(18)15-10(2)14(19)17(9)8-11-5-4-6-13(16-11)20-3/h4-6,9-10H,7-8H2,1-3H3,(H,15,18). The van der Waals surface area contributed by atoms with E-state index in [9.17, 15) is 9.59 Å². The van der Waals surface area contributed by atoms with E-state index < -0.39 is 6.04 Å². The largest absolute Gasteiger partial charge is 0.481 e. The first-order valence-electron chi connectivity index (χ1n) is 6.61. The lowest BCUT2D eigenvalue weighted by Gasteiger charge is -2.27. The smallest absolute Gasteiger partial charge is 0.245 e. The second kappa shape index (κ2) is 5.90. The van der Waals surface area contributed by atoms with E-state index in [0.717, 1.165) is 5.69 Å². The molecule has 20 heavy (non-hydrogen) atoms. The minimum absolute atomic E-state index is 0.0898. The number of rotatable bonds is 3. The zero-order valence-electron chi connectivity index (χ0n) is 11.9. The Kier molecular flexibility index (Phi) is 4.22. The maximum Gasteiger partial charge on any atom is 0.245 e. The van der Waals surface area contributed by atoms with Gasteiger partial charge in [-0.3, -0.25) is 9.59 Å². The molecule has 0 aromatic carbocycles. The second-order valence-corrected chi connectivity index (χ2v) is 4.98. The number of nitrogens with one attached hydrogen (secondary N) is 1. The van der Waals surface area contributed by atoms with Crippen LogP contribution in [0.5, 0.6) is 5.88 Å². The molecule has 1 fully saturated rings. The predicted octanol–water partition coefficient (Wildman–Crippen LogP) is 0.716. The highest BCUT2D eigenvalue weighted by atomic mass is 16.5. The number of carbonyl (C=O) groups is 2. The van der Waals surface area contributed by atoms with Crippen LogP contribution in [-0.4, -0.2) is 40.9 Å². The van der Waals surface area contributed by atoms with Gasteiger partial charge in [0, 0.05) is 18.5 Å². The van der Waals surface area contributed by atoms with Gasteiger partial charge in [-0.1, -0.05) is 6.07 Å². The topological polar surface area (TPSA) is 71.5 Å². The molecule has 108 valence electrons. The first kappa shape index (κ1) is 14.3. The number of methoxy groups -OCH3 is 1. The molecule has 1 saturated heterocycles. The highest BCUT2D eigenvalue weighted by Crippen LogP contribution is 2.16. The van der Waals surface area contributed by atoms with E-state index in [2.05, 4.69) is 10.3 Å². The third-order valence-corrected chi connectivity index (χ3v) is 3.37. The van der Waals surface area contributed by atoms with Crippen LogP contribution in [0.1, 0.15) is 26.0 Å². The third kappa shape index (κ3) is 3.07. The van der Waals surface area contributed by atoms with Gasteiger partial charge in [-0.25, -0.2) is 4.98 Å². The molecule has 1 N–H and O–H groups in total. The number of aromatic nitrogens is 1. The average molecular weight is 277 g/mol. The number of pyridine rings is 1. The molecule has 1 aliphatic heterocycles. The number of carbonyl (C=O) groups excluding carboxylic acids is 2. The minimum Gasteiger partial charge on any atom is -0.481 e. The molecule has 2 amide bonds. The van der Waals surface area contributed by atoms with Crippen molar-refractivity contribution in [3.63, 3.8) is 0 Å². The molecule has 0 spiro atoms. The summed E-state index contributed by atoms with van der Waals surface area (Å²) in [5.41, 5.74) is 0.742. The molecule has 0 aliphatic carbocycles. The van der Waals surface area contributed by atoms with Gasteiger partial charge >= 0.3 is 0 Å². The molecule has 0 bridgehead atoms. The van der Waals surface area contributed by atoms with Crippen molar-refractivity contribution in [2.45, 2.75) is 38.9 Å². The van der Waals surface area contributed by atoms with Crippen LogP contribution >= 0.6 is 0 Å². The van der Waals surface area contributed by atoms with Crippen LogP contribution in [0.3, 0.4) is 0 Å². The van der Waals surface area contributed by atoms with Gasteiger partial charge in [0.15, 0.2) is 0 Å². The maximum atomic E-state index is 12.3. The van der Waals surface area contributed by atoms with Crippen molar-refractivity contribution in [2.24, 2.45) is 0 Å². The van der Waals surface area contributed by atoms with Gasteiger partial charge in [-0.05, 0) is 19.9 Å². The predicted molar refractivity (Wildman–Crippen MR) is 73.0 cm³/mol. The fourth-order valence-electron chi connectivity index (χ4n) is 2.27. The second-order valence-electron chi connectivity index (χ2n) is 4.98. The number of amides is 2. The Hall–Kier alpha value is -2.11. The fraction of sp³-hybridized carbons (Fsp3) is 0.500.